The molecular weight excluding hydrogens is 330 g/mol. The van der Waals surface area contributed by atoms with E-state index in [1.165, 1.54) is 4.57 Å². The van der Waals surface area contributed by atoms with Gasteiger partial charge < -0.3 is 0 Å². The predicted octanol–water partition coefficient (Wildman–Crippen LogP) is 0.917. The summed E-state index contributed by atoms with van der Waals surface area (Å²) in [6.07, 6.45) is 4.40. The lowest BCUT2D eigenvalue weighted by atomic mass is 9.67. The van der Waals surface area contributed by atoms with Crippen LogP contribution in [-0.2, 0) is 4.79 Å². The summed E-state index contributed by atoms with van der Waals surface area (Å²) in [6, 6.07) is 9.24. The fourth-order valence-corrected chi connectivity index (χ4v) is 8.36. The van der Waals surface area contributed by atoms with Gasteiger partial charge in [0.25, 0.3) is 0 Å². The highest BCUT2D eigenvalue weighted by atomic mass is 16.2. The van der Waals surface area contributed by atoms with E-state index in [1.54, 1.807) is 27.6 Å². The molecule has 3 heterocycles. The second-order valence-corrected chi connectivity index (χ2v) is 8.97. The van der Waals surface area contributed by atoms with Crippen molar-refractivity contribution in [1.29, 1.82) is 0 Å². The maximum absolute atomic E-state index is 13.3. The molecule has 6 heteroatoms. The van der Waals surface area contributed by atoms with Crippen molar-refractivity contribution in [2.75, 3.05) is 0 Å². The molecule has 6 nitrogen and oxygen atoms in total. The number of carbonyl (C=O) groups excluding carboxylic acids is 1. The average Bonchev–Trinajstić information content (AvgIpc) is 3.40. The molecule has 0 radical (unpaired) electrons. The third kappa shape index (κ3) is 0.863. The van der Waals surface area contributed by atoms with Crippen LogP contribution in [-0.4, -0.2) is 19.7 Å². The third-order valence-electron chi connectivity index (χ3n) is 8.68. The quantitative estimate of drug-likeness (QED) is 0.772. The van der Waals surface area contributed by atoms with Crippen molar-refractivity contribution in [3.05, 3.63) is 63.5 Å². The van der Waals surface area contributed by atoms with Crippen LogP contribution in [0.5, 0.6) is 0 Å². The van der Waals surface area contributed by atoms with Crippen LogP contribution in [0.25, 0.3) is 5.69 Å². The van der Waals surface area contributed by atoms with E-state index in [0.717, 1.165) is 0 Å². The highest BCUT2D eigenvalue weighted by Gasteiger charge is 3.03. The number of benzene rings is 1. The summed E-state index contributed by atoms with van der Waals surface area (Å²) in [4.78, 5) is 38.9. The lowest BCUT2D eigenvalue weighted by molar-refractivity contribution is -0.119. The SMILES string of the molecule is O=C1C=C[C@]23[C@H]4[C@@H]5[C@@H]6[C@@H]5[C@@H]2[C@]3(C1)[C@H]6n1c(=O)n(-c2ccccc2)c(=O)n14. The van der Waals surface area contributed by atoms with Crippen molar-refractivity contribution in [3.8, 4) is 5.69 Å². The van der Waals surface area contributed by atoms with Crippen LogP contribution in [0.1, 0.15) is 18.5 Å². The molecule has 5 aliphatic carbocycles. The molecule has 2 aromatic rings. The second kappa shape index (κ2) is 3.21. The summed E-state index contributed by atoms with van der Waals surface area (Å²) < 4.78 is 4.83. The van der Waals surface area contributed by atoms with Gasteiger partial charge in [0.05, 0.1) is 17.8 Å². The summed E-state index contributed by atoms with van der Waals surface area (Å²) >= 11 is 0. The molecule has 2 aliphatic heterocycles. The first-order chi connectivity index (χ1) is 12.6. The molecule has 4 saturated carbocycles. The largest absolute Gasteiger partial charge is 0.352 e. The standard InChI is InChI=1S/C20H15N3O3/c24-10-6-7-19-14-11-12-13(11)16(20(14,19)8-10)23-18(26)21(9-4-2-1-3-5-9)17(25)22(23)15(12)19/h1-7,11-16H,8H2/t11-,12+,13+,14+,15-,16+,19-,20-/m1/s1. The molecule has 1 aromatic heterocycles. The molecule has 26 heavy (non-hydrogen) atoms. The van der Waals surface area contributed by atoms with Crippen LogP contribution in [0.15, 0.2) is 52.1 Å². The molecule has 9 rings (SSSR count). The predicted molar refractivity (Wildman–Crippen MR) is 90.0 cm³/mol. The van der Waals surface area contributed by atoms with Crippen molar-refractivity contribution in [3.63, 3.8) is 0 Å². The van der Waals surface area contributed by atoms with E-state index in [9.17, 15) is 14.4 Å². The van der Waals surface area contributed by atoms with Crippen LogP contribution in [0.2, 0.25) is 0 Å². The summed E-state index contributed by atoms with van der Waals surface area (Å²) in [5.74, 6) is 2.30. The average molecular weight is 345 g/mol. The van der Waals surface area contributed by atoms with Crippen LogP contribution >= 0.6 is 0 Å². The third-order valence-corrected chi connectivity index (χ3v) is 8.68. The Balaban J connectivity index is 1.48. The van der Waals surface area contributed by atoms with Crippen molar-refractivity contribution in [2.24, 2.45) is 34.5 Å². The minimum absolute atomic E-state index is 0.0200. The Morgan fingerprint density at radius 3 is 2.35 bits per heavy atom. The van der Waals surface area contributed by atoms with Gasteiger partial charge in [-0.25, -0.2) is 23.5 Å². The number of ketones is 1. The zero-order valence-corrected chi connectivity index (χ0v) is 13.8. The van der Waals surface area contributed by atoms with E-state index >= 15 is 0 Å². The summed E-state index contributed by atoms with van der Waals surface area (Å²) in [6.45, 7) is 0. The molecule has 128 valence electrons. The zero-order valence-electron chi connectivity index (χ0n) is 13.8. The van der Waals surface area contributed by atoms with Crippen LogP contribution in [0.3, 0.4) is 0 Å². The number of allylic oxidation sites excluding steroid dienone is 2. The highest BCUT2D eigenvalue weighted by Crippen LogP contribution is 3.03. The minimum Gasteiger partial charge on any atom is -0.295 e. The fraction of sp³-hybridized carbons (Fsp3) is 0.450. The molecule has 0 amide bonds. The molecular formula is C20H15N3O3. The molecule has 2 bridgehead atoms. The molecule has 7 aliphatic rings. The first-order valence-electron chi connectivity index (χ1n) is 9.38. The summed E-state index contributed by atoms with van der Waals surface area (Å²) in [5, 5.41) is 0. The summed E-state index contributed by atoms with van der Waals surface area (Å²) in [5.41, 5.74) is 0.0242. The number of rotatable bonds is 1. The van der Waals surface area contributed by atoms with Crippen LogP contribution < -0.4 is 11.4 Å². The van der Waals surface area contributed by atoms with Crippen LogP contribution in [0.4, 0.5) is 0 Å². The first kappa shape index (κ1) is 12.7. The molecule has 0 saturated heterocycles. The molecule has 0 N–H and O–H groups in total. The van der Waals surface area contributed by atoms with Gasteiger partial charge in [-0.1, -0.05) is 24.3 Å². The Hall–Kier alpha value is -2.63. The van der Waals surface area contributed by atoms with Gasteiger partial charge in [-0.15, -0.1) is 0 Å². The van der Waals surface area contributed by atoms with Gasteiger partial charge in [-0.2, -0.15) is 0 Å². The van der Waals surface area contributed by atoms with Gasteiger partial charge >= 0.3 is 11.4 Å². The smallest absolute Gasteiger partial charge is 0.295 e. The Bertz CT molecular complexity index is 1230. The maximum atomic E-state index is 13.3. The van der Waals surface area contributed by atoms with Gasteiger partial charge in [0.15, 0.2) is 5.78 Å². The van der Waals surface area contributed by atoms with Crippen molar-refractivity contribution < 1.29 is 4.79 Å². The Labute approximate surface area is 147 Å². The Morgan fingerprint density at radius 2 is 1.58 bits per heavy atom. The topological polar surface area (TPSA) is 66.0 Å². The zero-order chi connectivity index (χ0) is 17.2. The lowest BCUT2D eigenvalue weighted by Gasteiger charge is -2.48. The van der Waals surface area contributed by atoms with Gasteiger partial charge in [0.2, 0.25) is 0 Å². The van der Waals surface area contributed by atoms with Gasteiger partial charge in [0.1, 0.15) is 0 Å². The molecule has 2 spiro atoms. The van der Waals surface area contributed by atoms with Gasteiger partial charge in [-0.05, 0) is 41.9 Å². The molecule has 8 atom stereocenters. The van der Waals surface area contributed by atoms with E-state index < -0.39 is 0 Å². The van der Waals surface area contributed by atoms with E-state index in [4.69, 9.17) is 0 Å². The number of nitrogens with zero attached hydrogens (tertiary/aromatic N) is 3. The van der Waals surface area contributed by atoms with E-state index in [0.29, 0.717) is 35.8 Å². The first-order valence-corrected chi connectivity index (χ1v) is 9.38. The minimum atomic E-state index is -0.238. The van der Waals surface area contributed by atoms with Gasteiger partial charge in [-0.3, -0.25) is 4.79 Å². The summed E-state index contributed by atoms with van der Waals surface area (Å²) in [7, 11) is 0. The Kier molecular flexibility index (Phi) is 1.57. The number of aromatic nitrogens is 3. The number of para-hydroxylation sites is 1. The van der Waals surface area contributed by atoms with Crippen molar-refractivity contribution in [1.82, 2.24) is 13.9 Å². The molecule has 4 fully saturated rings. The maximum Gasteiger partial charge on any atom is 0.352 e. The van der Waals surface area contributed by atoms with E-state index in [2.05, 4.69) is 6.08 Å². The van der Waals surface area contributed by atoms with Gasteiger partial charge in [0, 0.05) is 17.3 Å². The number of carbonyl (C=O) groups is 1. The normalized spacial score (nSPS) is 49.2. The van der Waals surface area contributed by atoms with Crippen LogP contribution in [0, 0.1) is 34.5 Å². The van der Waals surface area contributed by atoms with Crippen molar-refractivity contribution >= 4 is 5.78 Å². The fourth-order valence-electron chi connectivity index (χ4n) is 8.36. The Morgan fingerprint density at radius 1 is 0.885 bits per heavy atom. The number of hydrogen-bond donors (Lipinski definition) is 0. The molecule has 1 aromatic carbocycles. The lowest BCUT2D eigenvalue weighted by Crippen LogP contribution is -2.53. The van der Waals surface area contributed by atoms with E-state index in [-0.39, 0.29) is 40.1 Å². The highest BCUT2D eigenvalue weighted by molar-refractivity contribution is 5.93. The number of hydrogen-bond acceptors (Lipinski definition) is 3. The molecule has 0 unspecified atom stereocenters. The van der Waals surface area contributed by atoms with Crippen molar-refractivity contribution in [2.45, 2.75) is 18.5 Å². The van der Waals surface area contributed by atoms with E-state index in [1.807, 2.05) is 18.2 Å². The second-order valence-electron chi connectivity index (χ2n) is 8.97. The monoisotopic (exact) mass is 345 g/mol.